The number of fused-ring (bicyclic) bond motifs is 1. The van der Waals surface area contributed by atoms with Gasteiger partial charge in [-0.25, -0.2) is 0 Å². The van der Waals surface area contributed by atoms with Crippen LogP contribution in [0.25, 0.3) is 45.1 Å². The zero-order chi connectivity index (χ0) is 26.1. The molecule has 6 rings (SSSR count). The Labute approximate surface area is 224 Å². The van der Waals surface area contributed by atoms with Gasteiger partial charge < -0.3 is 4.57 Å². The minimum absolute atomic E-state index is 0.826. The molecular formula is C34H32N4. The van der Waals surface area contributed by atoms with E-state index in [0.717, 1.165) is 40.6 Å². The lowest BCUT2D eigenvalue weighted by Gasteiger charge is -2.12. The van der Waals surface area contributed by atoms with E-state index in [-0.39, 0.29) is 0 Å². The summed E-state index contributed by atoms with van der Waals surface area (Å²) in [6.07, 6.45) is 3.58. The second kappa shape index (κ2) is 10.1. The number of para-hydroxylation sites is 1. The maximum absolute atomic E-state index is 4.65. The number of aryl methyl sites for hydroxylation is 2. The van der Waals surface area contributed by atoms with Gasteiger partial charge in [-0.3, -0.25) is 4.57 Å². The first-order valence-corrected chi connectivity index (χ1v) is 13.4. The van der Waals surface area contributed by atoms with Crippen LogP contribution in [0.5, 0.6) is 0 Å². The van der Waals surface area contributed by atoms with Crippen molar-refractivity contribution in [2.24, 2.45) is 0 Å². The van der Waals surface area contributed by atoms with Gasteiger partial charge in [0.15, 0.2) is 11.6 Å². The lowest BCUT2D eigenvalue weighted by molar-refractivity contribution is 0.796. The molecule has 0 fully saturated rings. The van der Waals surface area contributed by atoms with E-state index in [1.807, 2.05) is 36.4 Å². The van der Waals surface area contributed by atoms with Gasteiger partial charge in [0.2, 0.25) is 0 Å². The van der Waals surface area contributed by atoms with Gasteiger partial charge in [0, 0.05) is 33.6 Å². The number of nitrogens with zero attached hydrogens (tertiary/aromatic N) is 4. The Morgan fingerprint density at radius 2 is 1.24 bits per heavy atom. The molecule has 0 radical (unpaired) electrons. The summed E-state index contributed by atoms with van der Waals surface area (Å²) in [5.41, 5.74) is 9.56. The Balaban J connectivity index is 1.43. The Morgan fingerprint density at radius 1 is 0.632 bits per heavy atom. The average Bonchev–Trinajstić information content (AvgIpc) is 3.52. The highest BCUT2D eigenvalue weighted by molar-refractivity contribution is 5.88. The summed E-state index contributed by atoms with van der Waals surface area (Å²) in [7, 11) is 0. The molecule has 38 heavy (non-hydrogen) atoms. The van der Waals surface area contributed by atoms with E-state index in [9.17, 15) is 0 Å². The molecule has 0 bridgehead atoms. The first-order valence-electron chi connectivity index (χ1n) is 13.4. The van der Waals surface area contributed by atoms with Gasteiger partial charge in [-0.05, 0) is 86.3 Å². The predicted octanol–water partition coefficient (Wildman–Crippen LogP) is 8.50. The van der Waals surface area contributed by atoms with E-state index < -0.39 is 0 Å². The summed E-state index contributed by atoms with van der Waals surface area (Å²) >= 11 is 0. The highest BCUT2D eigenvalue weighted by Crippen LogP contribution is 2.32. The fourth-order valence-corrected chi connectivity index (χ4v) is 5.32. The van der Waals surface area contributed by atoms with E-state index in [1.165, 1.54) is 40.6 Å². The summed E-state index contributed by atoms with van der Waals surface area (Å²) in [6, 6.07) is 36.2. The molecule has 4 aromatic carbocycles. The average molecular weight is 497 g/mol. The molecule has 2 heterocycles. The highest BCUT2D eigenvalue weighted by atomic mass is 15.3. The lowest BCUT2D eigenvalue weighted by Crippen LogP contribution is -2.01. The van der Waals surface area contributed by atoms with Crippen LogP contribution < -0.4 is 0 Å². The Bertz CT molecular complexity index is 1690. The Hall–Kier alpha value is -4.44. The molecule has 0 amide bonds. The molecule has 0 aliphatic carbocycles. The standard InChI is InChI=1S/C34H32N4/c1-4-5-12-26-17-22-32-31(23-26)24(2)25(3)37(32)30-20-18-28(19-21-30)34-36-35-33(27-13-8-6-9-14-27)38(34)29-15-10-7-11-16-29/h6-11,13-23H,4-5,12H2,1-3H3. The van der Waals surface area contributed by atoms with Crippen LogP contribution in [0.1, 0.15) is 36.6 Å². The largest absolute Gasteiger partial charge is 0.314 e. The van der Waals surface area contributed by atoms with Gasteiger partial charge >= 0.3 is 0 Å². The highest BCUT2D eigenvalue weighted by Gasteiger charge is 2.18. The van der Waals surface area contributed by atoms with Crippen molar-refractivity contribution in [2.45, 2.75) is 40.0 Å². The van der Waals surface area contributed by atoms with Crippen LogP contribution in [0.3, 0.4) is 0 Å². The van der Waals surface area contributed by atoms with Crippen LogP contribution in [0.15, 0.2) is 103 Å². The van der Waals surface area contributed by atoms with E-state index in [2.05, 4.69) is 107 Å². The van der Waals surface area contributed by atoms with E-state index in [1.54, 1.807) is 0 Å². The van der Waals surface area contributed by atoms with Crippen molar-refractivity contribution in [3.63, 3.8) is 0 Å². The lowest BCUT2D eigenvalue weighted by atomic mass is 10.0. The van der Waals surface area contributed by atoms with Crippen molar-refractivity contribution in [3.8, 4) is 34.2 Å². The van der Waals surface area contributed by atoms with Gasteiger partial charge in [-0.2, -0.15) is 0 Å². The maximum atomic E-state index is 4.65. The molecule has 0 saturated heterocycles. The first-order chi connectivity index (χ1) is 18.7. The molecule has 0 saturated carbocycles. The molecule has 4 nitrogen and oxygen atoms in total. The van der Waals surface area contributed by atoms with Crippen LogP contribution >= 0.6 is 0 Å². The molecule has 0 unspecified atom stereocenters. The number of rotatable bonds is 7. The third-order valence-electron chi connectivity index (χ3n) is 7.50. The van der Waals surface area contributed by atoms with Gasteiger partial charge in [0.25, 0.3) is 0 Å². The summed E-state index contributed by atoms with van der Waals surface area (Å²) in [6.45, 7) is 6.70. The van der Waals surface area contributed by atoms with Gasteiger partial charge in [0.05, 0.1) is 5.52 Å². The quantitative estimate of drug-likeness (QED) is 0.222. The van der Waals surface area contributed by atoms with E-state index in [0.29, 0.717) is 0 Å². The topological polar surface area (TPSA) is 35.6 Å². The molecule has 188 valence electrons. The predicted molar refractivity (Wildman–Crippen MR) is 157 cm³/mol. The third-order valence-corrected chi connectivity index (χ3v) is 7.50. The van der Waals surface area contributed by atoms with Crippen molar-refractivity contribution in [1.29, 1.82) is 0 Å². The first kappa shape index (κ1) is 23.9. The van der Waals surface area contributed by atoms with Crippen LogP contribution in [0.2, 0.25) is 0 Å². The normalized spacial score (nSPS) is 11.3. The zero-order valence-electron chi connectivity index (χ0n) is 22.2. The second-order valence-electron chi connectivity index (χ2n) is 9.93. The smallest absolute Gasteiger partial charge is 0.168 e. The number of hydrogen-bond donors (Lipinski definition) is 0. The summed E-state index contributed by atoms with van der Waals surface area (Å²) in [5.74, 6) is 1.66. The van der Waals surface area contributed by atoms with Gasteiger partial charge in [-0.15, -0.1) is 10.2 Å². The van der Waals surface area contributed by atoms with Crippen LogP contribution in [0.4, 0.5) is 0 Å². The minimum Gasteiger partial charge on any atom is -0.314 e. The maximum Gasteiger partial charge on any atom is 0.168 e. The molecule has 6 aromatic rings. The molecule has 0 N–H and O–H groups in total. The van der Waals surface area contributed by atoms with E-state index >= 15 is 0 Å². The second-order valence-corrected chi connectivity index (χ2v) is 9.93. The molecule has 0 aliphatic rings. The van der Waals surface area contributed by atoms with Crippen LogP contribution in [-0.4, -0.2) is 19.3 Å². The third kappa shape index (κ3) is 4.22. The van der Waals surface area contributed by atoms with Crippen LogP contribution in [-0.2, 0) is 6.42 Å². The molecule has 0 spiro atoms. The summed E-state index contributed by atoms with van der Waals surface area (Å²) in [5, 5.41) is 10.6. The molecule has 4 heteroatoms. The Morgan fingerprint density at radius 3 is 1.89 bits per heavy atom. The molecule has 0 atom stereocenters. The SMILES string of the molecule is CCCCc1ccc2c(c1)c(C)c(C)n2-c1ccc(-c2nnc(-c3ccccc3)n2-c2ccccc2)cc1. The van der Waals surface area contributed by atoms with Crippen molar-refractivity contribution in [1.82, 2.24) is 19.3 Å². The summed E-state index contributed by atoms with van der Waals surface area (Å²) in [4.78, 5) is 0. The Kier molecular flexibility index (Phi) is 6.38. The van der Waals surface area contributed by atoms with E-state index in [4.69, 9.17) is 0 Å². The van der Waals surface area contributed by atoms with Crippen LogP contribution in [0, 0.1) is 13.8 Å². The number of hydrogen-bond acceptors (Lipinski definition) is 2. The molecule has 0 aliphatic heterocycles. The monoisotopic (exact) mass is 496 g/mol. The minimum atomic E-state index is 0.826. The molecule has 2 aromatic heterocycles. The number of aromatic nitrogens is 4. The number of unbranched alkanes of at least 4 members (excludes halogenated alkanes) is 1. The molecular weight excluding hydrogens is 464 g/mol. The summed E-state index contributed by atoms with van der Waals surface area (Å²) < 4.78 is 4.51. The fourth-order valence-electron chi connectivity index (χ4n) is 5.32. The van der Waals surface area contributed by atoms with Gasteiger partial charge in [0.1, 0.15) is 0 Å². The van der Waals surface area contributed by atoms with Gasteiger partial charge in [-0.1, -0.05) is 67.9 Å². The van der Waals surface area contributed by atoms with Crippen molar-refractivity contribution in [2.75, 3.05) is 0 Å². The number of benzene rings is 4. The fraction of sp³-hybridized carbons (Fsp3) is 0.176. The zero-order valence-corrected chi connectivity index (χ0v) is 22.2. The van der Waals surface area contributed by atoms with Crippen molar-refractivity contribution < 1.29 is 0 Å². The van der Waals surface area contributed by atoms with Crippen molar-refractivity contribution in [3.05, 3.63) is 120 Å². The van der Waals surface area contributed by atoms with Crippen molar-refractivity contribution >= 4 is 10.9 Å².